The van der Waals surface area contributed by atoms with E-state index in [2.05, 4.69) is 10.3 Å². The summed E-state index contributed by atoms with van der Waals surface area (Å²) in [7, 11) is 1.57. The average molecular weight is 216 g/mol. The molecule has 0 saturated carbocycles. The van der Waals surface area contributed by atoms with Crippen LogP contribution in [0.1, 0.15) is 10.4 Å². The van der Waals surface area contributed by atoms with Crippen molar-refractivity contribution < 1.29 is 9.53 Å². The Kier molecular flexibility index (Phi) is 2.91. The standard InChI is InChI=1S/C12H12N2O2/c1-16-11-5-3-2-4-10(11)14-12(15)9-6-7-13-8-9/h2-8,13H,1H3,(H,14,15). The average Bonchev–Trinajstić information content (AvgIpc) is 2.83. The van der Waals surface area contributed by atoms with Gasteiger partial charge < -0.3 is 15.0 Å². The first-order valence-corrected chi connectivity index (χ1v) is 4.88. The maximum absolute atomic E-state index is 11.8. The van der Waals surface area contributed by atoms with E-state index in [1.54, 1.807) is 37.7 Å². The van der Waals surface area contributed by atoms with Gasteiger partial charge in [0.05, 0.1) is 18.4 Å². The van der Waals surface area contributed by atoms with Crippen LogP contribution in [-0.2, 0) is 0 Å². The van der Waals surface area contributed by atoms with Gasteiger partial charge in [0, 0.05) is 12.4 Å². The van der Waals surface area contributed by atoms with Gasteiger partial charge in [-0.2, -0.15) is 0 Å². The molecule has 4 heteroatoms. The van der Waals surface area contributed by atoms with Crippen molar-refractivity contribution in [3.63, 3.8) is 0 Å². The quantitative estimate of drug-likeness (QED) is 0.826. The number of aromatic amines is 1. The normalized spacial score (nSPS) is 9.81. The summed E-state index contributed by atoms with van der Waals surface area (Å²) in [6.45, 7) is 0. The second-order valence-electron chi connectivity index (χ2n) is 3.25. The topological polar surface area (TPSA) is 54.1 Å². The van der Waals surface area contributed by atoms with Gasteiger partial charge in [-0.1, -0.05) is 12.1 Å². The monoisotopic (exact) mass is 216 g/mol. The summed E-state index contributed by atoms with van der Waals surface area (Å²) in [5, 5.41) is 2.78. The Morgan fingerprint density at radius 2 is 2.12 bits per heavy atom. The lowest BCUT2D eigenvalue weighted by atomic mass is 10.2. The smallest absolute Gasteiger partial charge is 0.257 e. The zero-order valence-corrected chi connectivity index (χ0v) is 8.86. The fourth-order valence-electron chi connectivity index (χ4n) is 1.41. The fraction of sp³-hybridized carbons (Fsp3) is 0.0833. The number of anilines is 1. The molecule has 0 saturated heterocycles. The van der Waals surface area contributed by atoms with E-state index in [4.69, 9.17) is 4.74 Å². The maximum atomic E-state index is 11.8. The molecule has 1 heterocycles. The van der Waals surface area contributed by atoms with Crippen molar-refractivity contribution in [2.24, 2.45) is 0 Å². The Morgan fingerprint density at radius 3 is 2.81 bits per heavy atom. The van der Waals surface area contributed by atoms with Crippen molar-refractivity contribution in [3.8, 4) is 5.75 Å². The largest absolute Gasteiger partial charge is 0.495 e. The van der Waals surface area contributed by atoms with Gasteiger partial charge >= 0.3 is 0 Å². The lowest BCUT2D eigenvalue weighted by Gasteiger charge is -2.08. The van der Waals surface area contributed by atoms with Gasteiger partial charge in [-0.25, -0.2) is 0 Å². The lowest BCUT2D eigenvalue weighted by Crippen LogP contribution is -2.11. The summed E-state index contributed by atoms with van der Waals surface area (Å²) in [4.78, 5) is 14.6. The van der Waals surface area contributed by atoms with Crippen molar-refractivity contribution in [2.75, 3.05) is 12.4 Å². The minimum absolute atomic E-state index is 0.161. The minimum Gasteiger partial charge on any atom is -0.495 e. The number of methoxy groups -OCH3 is 1. The molecule has 0 spiro atoms. The molecule has 0 aliphatic carbocycles. The van der Waals surface area contributed by atoms with Gasteiger partial charge in [0.25, 0.3) is 5.91 Å². The summed E-state index contributed by atoms with van der Waals surface area (Å²) >= 11 is 0. The van der Waals surface area contributed by atoms with Crippen molar-refractivity contribution in [1.29, 1.82) is 0 Å². The highest BCUT2D eigenvalue weighted by Gasteiger charge is 2.08. The van der Waals surface area contributed by atoms with Gasteiger partial charge in [-0.3, -0.25) is 4.79 Å². The number of H-pyrrole nitrogens is 1. The highest BCUT2D eigenvalue weighted by Crippen LogP contribution is 2.23. The SMILES string of the molecule is COc1ccccc1NC(=O)c1cc[nH]c1. The number of ether oxygens (including phenoxy) is 1. The number of nitrogens with one attached hydrogen (secondary N) is 2. The third-order valence-electron chi connectivity index (χ3n) is 2.22. The van der Waals surface area contributed by atoms with E-state index in [0.717, 1.165) is 0 Å². The van der Waals surface area contributed by atoms with Crippen molar-refractivity contribution >= 4 is 11.6 Å². The molecular formula is C12H12N2O2. The zero-order valence-electron chi connectivity index (χ0n) is 8.86. The second kappa shape index (κ2) is 4.53. The van der Waals surface area contributed by atoms with Crippen LogP contribution in [0.5, 0.6) is 5.75 Å². The van der Waals surface area contributed by atoms with Crippen molar-refractivity contribution in [2.45, 2.75) is 0 Å². The highest BCUT2D eigenvalue weighted by atomic mass is 16.5. The third-order valence-corrected chi connectivity index (χ3v) is 2.22. The van der Waals surface area contributed by atoms with Crippen LogP contribution in [0.25, 0.3) is 0 Å². The molecule has 0 unspecified atom stereocenters. The summed E-state index contributed by atoms with van der Waals surface area (Å²) in [5.74, 6) is 0.483. The highest BCUT2D eigenvalue weighted by molar-refractivity contribution is 6.04. The molecule has 2 aromatic rings. The van der Waals surface area contributed by atoms with Gasteiger partial charge in [0.15, 0.2) is 0 Å². The van der Waals surface area contributed by atoms with E-state index < -0.39 is 0 Å². The first-order valence-electron chi connectivity index (χ1n) is 4.88. The van der Waals surface area contributed by atoms with Gasteiger partial charge in [0.2, 0.25) is 0 Å². The molecule has 4 nitrogen and oxygen atoms in total. The number of carbonyl (C=O) groups excluding carboxylic acids is 1. The Hall–Kier alpha value is -2.23. The fourth-order valence-corrected chi connectivity index (χ4v) is 1.41. The summed E-state index contributed by atoms with van der Waals surface area (Å²) in [5.41, 5.74) is 1.25. The number of hydrogen-bond donors (Lipinski definition) is 2. The third kappa shape index (κ3) is 2.06. The molecule has 0 fully saturated rings. The number of hydrogen-bond acceptors (Lipinski definition) is 2. The van der Waals surface area contributed by atoms with Crippen LogP contribution < -0.4 is 10.1 Å². The van der Waals surface area contributed by atoms with Crippen LogP contribution in [0.4, 0.5) is 5.69 Å². The number of carbonyl (C=O) groups is 1. The number of aromatic nitrogens is 1. The van der Waals surface area contributed by atoms with Crippen LogP contribution in [0.3, 0.4) is 0 Å². The molecule has 0 aliphatic rings. The zero-order chi connectivity index (χ0) is 11.4. The predicted octanol–water partition coefficient (Wildman–Crippen LogP) is 2.28. The second-order valence-corrected chi connectivity index (χ2v) is 3.25. The van der Waals surface area contributed by atoms with E-state index in [-0.39, 0.29) is 5.91 Å². The first-order chi connectivity index (χ1) is 7.81. The van der Waals surface area contributed by atoms with Crippen LogP contribution in [0.2, 0.25) is 0 Å². The Labute approximate surface area is 93.3 Å². The molecule has 16 heavy (non-hydrogen) atoms. The molecular weight excluding hydrogens is 204 g/mol. The Bertz CT molecular complexity index is 478. The maximum Gasteiger partial charge on any atom is 0.257 e. The number of benzene rings is 1. The van der Waals surface area contributed by atoms with Gasteiger partial charge in [-0.05, 0) is 18.2 Å². The van der Waals surface area contributed by atoms with Crippen LogP contribution >= 0.6 is 0 Å². The Balaban J connectivity index is 2.18. The van der Waals surface area contributed by atoms with E-state index in [0.29, 0.717) is 17.0 Å². The van der Waals surface area contributed by atoms with E-state index >= 15 is 0 Å². The minimum atomic E-state index is -0.161. The van der Waals surface area contributed by atoms with Crippen LogP contribution in [-0.4, -0.2) is 18.0 Å². The lowest BCUT2D eigenvalue weighted by molar-refractivity contribution is 0.102. The van der Waals surface area contributed by atoms with Gasteiger partial charge in [-0.15, -0.1) is 0 Å². The van der Waals surface area contributed by atoms with E-state index in [1.165, 1.54) is 0 Å². The van der Waals surface area contributed by atoms with Crippen molar-refractivity contribution in [3.05, 3.63) is 48.3 Å². The number of para-hydroxylation sites is 2. The molecule has 0 atom stereocenters. The Morgan fingerprint density at radius 1 is 1.31 bits per heavy atom. The molecule has 82 valence electrons. The van der Waals surface area contributed by atoms with Crippen molar-refractivity contribution in [1.82, 2.24) is 4.98 Å². The number of amides is 1. The molecule has 0 aliphatic heterocycles. The molecule has 2 rings (SSSR count). The van der Waals surface area contributed by atoms with Gasteiger partial charge in [0.1, 0.15) is 5.75 Å². The van der Waals surface area contributed by atoms with Crippen LogP contribution in [0.15, 0.2) is 42.7 Å². The first kappa shape index (κ1) is 10.3. The number of rotatable bonds is 3. The molecule has 1 amide bonds. The molecule has 1 aromatic carbocycles. The molecule has 1 aromatic heterocycles. The summed E-state index contributed by atoms with van der Waals surface area (Å²) < 4.78 is 5.14. The molecule has 2 N–H and O–H groups in total. The van der Waals surface area contributed by atoms with E-state index in [1.807, 2.05) is 12.1 Å². The summed E-state index contributed by atoms with van der Waals surface area (Å²) in [6, 6.07) is 9.00. The predicted molar refractivity (Wildman–Crippen MR) is 61.7 cm³/mol. The summed E-state index contributed by atoms with van der Waals surface area (Å²) in [6.07, 6.45) is 3.35. The van der Waals surface area contributed by atoms with E-state index in [9.17, 15) is 4.79 Å². The molecule has 0 bridgehead atoms. The van der Waals surface area contributed by atoms with Crippen LogP contribution in [0, 0.1) is 0 Å². The molecule has 0 radical (unpaired) electrons.